The number of ether oxygens (including phenoxy) is 2. The van der Waals surface area contributed by atoms with Crippen molar-refractivity contribution in [2.45, 2.75) is 6.54 Å². The number of aromatic nitrogens is 3. The van der Waals surface area contributed by atoms with Crippen LogP contribution in [0.3, 0.4) is 0 Å². The zero-order chi connectivity index (χ0) is 18.4. The normalized spacial score (nSPS) is 11.0. The van der Waals surface area contributed by atoms with Gasteiger partial charge in [-0.3, -0.25) is 14.5 Å². The quantitative estimate of drug-likeness (QED) is 0.588. The Balaban J connectivity index is 1.91. The number of hydrogen-bond acceptors (Lipinski definition) is 6. The van der Waals surface area contributed by atoms with Crippen molar-refractivity contribution in [3.05, 3.63) is 48.7 Å². The highest BCUT2D eigenvalue weighted by Crippen LogP contribution is 2.32. The fourth-order valence-corrected chi connectivity index (χ4v) is 2.54. The lowest BCUT2D eigenvalue weighted by Crippen LogP contribution is -2.10. The fraction of sp³-hybridized carbons (Fsp3) is 0.278. The minimum atomic E-state index is -0.632. The summed E-state index contributed by atoms with van der Waals surface area (Å²) in [5.41, 5.74) is 8.06. The summed E-state index contributed by atoms with van der Waals surface area (Å²) in [6, 6.07) is 7.26. The van der Waals surface area contributed by atoms with E-state index in [1.54, 1.807) is 24.1 Å². The molecule has 0 aromatic carbocycles. The third-order valence-electron chi connectivity index (χ3n) is 3.74. The third kappa shape index (κ3) is 3.98. The van der Waals surface area contributed by atoms with Crippen LogP contribution in [0, 0.1) is 0 Å². The topological polar surface area (TPSA) is 105 Å². The van der Waals surface area contributed by atoms with Crippen molar-refractivity contribution < 1.29 is 18.7 Å². The summed E-state index contributed by atoms with van der Waals surface area (Å²) in [5, 5.41) is 4.60. The standard InChI is InChI=1S/C18H20N4O4/c1-24-10-11-25-9-7-22-12-14(13-5-8-26-17(13)18(19)23)16(21-22)15-4-2-3-6-20-15/h2-6,8,12H,7,9-11H2,1H3,(H2,19,23). The molecule has 3 rings (SSSR count). The third-order valence-corrected chi connectivity index (χ3v) is 3.74. The SMILES string of the molecule is COCCOCCn1cc(-c2ccoc2C(N)=O)c(-c2ccccn2)n1. The van der Waals surface area contributed by atoms with Gasteiger partial charge in [-0.05, 0) is 18.2 Å². The minimum Gasteiger partial charge on any atom is -0.459 e. The molecule has 0 aliphatic rings. The van der Waals surface area contributed by atoms with Crippen molar-refractivity contribution in [1.29, 1.82) is 0 Å². The van der Waals surface area contributed by atoms with Gasteiger partial charge in [0.05, 0.1) is 38.3 Å². The van der Waals surface area contributed by atoms with Crippen molar-refractivity contribution >= 4 is 5.91 Å². The summed E-state index contributed by atoms with van der Waals surface area (Å²) in [4.78, 5) is 16.0. The van der Waals surface area contributed by atoms with E-state index in [2.05, 4.69) is 10.1 Å². The number of carbonyl (C=O) groups excluding carboxylic acids is 1. The molecule has 0 fully saturated rings. The lowest BCUT2D eigenvalue weighted by Gasteiger charge is -2.03. The summed E-state index contributed by atoms with van der Waals surface area (Å²) in [7, 11) is 1.63. The summed E-state index contributed by atoms with van der Waals surface area (Å²) >= 11 is 0. The number of nitrogens with two attached hydrogens (primary N) is 1. The molecule has 0 unspecified atom stereocenters. The van der Waals surface area contributed by atoms with E-state index in [1.807, 2.05) is 24.4 Å². The highest BCUT2D eigenvalue weighted by atomic mass is 16.5. The first kappa shape index (κ1) is 17.8. The number of nitrogens with zero attached hydrogens (tertiary/aromatic N) is 3. The number of furan rings is 1. The summed E-state index contributed by atoms with van der Waals surface area (Å²) in [5.74, 6) is -0.536. The Morgan fingerprint density at radius 1 is 1.23 bits per heavy atom. The molecule has 3 heterocycles. The molecule has 0 spiro atoms. The Kier molecular flexibility index (Phi) is 5.77. The van der Waals surface area contributed by atoms with Gasteiger partial charge in [0, 0.05) is 30.6 Å². The van der Waals surface area contributed by atoms with Gasteiger partial charge in [0.25, 0.3) is 5.91 Å². The predicted molar refractivity (Wildman–Crippen MR) is 94.4 cm³/mol. The average molecular weight is 356 g/mol. The van der Waals surface area contributed by atoms with Crippen LogP contribution in [0.25, 0.3) is 22.5 Å². The largest absolute Gasteiger partial charge is 0.459 e. The van der Waals surface area contributed by atoms with Crippen molar-refractivity contribution in [3.63, 3.8) is 0 Å². The first-order valence-electron chi connectivity index (χ1n) is 8.14. The summed E-state index contributed by atoms with van der Waals surface area (Å²) in [6.45, 7) is 2.10. The van der Waals surface area contributed by atoms with E-state index in [4.69, 9.17) is 19.6 Å². The van der Waals surface area contributed by atoms with E-state index in [9.17, 15) is 4.79 Å². The maximum atomic E-state index is 11.6. The molecule has 0 saturated heterocycles. The molecule has 0 aliphatic heterocycles. The van der Waals surface area contributed by atoms with Crippen molar-refractivity contribution in [1.82, 2.24) is 14.8 Å². The van der Waals surface area contributed by atoms with Crippen LogP contribution in [0.5, 0.6) is 0 Å². The van der Waals surface area contributed by atoms with E-state index in [1.165, 1.54) is 6.26 Å². The molecule has 3 aromatic rings. The number of rotatable bonds is 9. The maximum Gasteiger partial charge on any atom is 0.285 e. The number of carbonyl (C=O) groups is 1. The van der Waals surface area contributed by atoms with Crippen LogP contribution in [0.4, 0.5) is 0 Å². The maximum absolute atomic E-state index is 11.6. The van der Waals surface area contributed by atoms with Crippen LogP contribution in [-0.4, -0.2) is 47.6 Å². The van der Waals surface area contributed by atoms with Gasteiger partial charge >= 0.3 is 0 Å². The number of methoxy groups -OCH3 is 1. The van der Waals surface area contributed by atoms with Crippen molar-refractivity contribution in [2.24, 2.45) is 5.73 Å². The molecule has 8 nitrogen and oxygen atoms in total. The van der Waals surface area contributed by atoms with Crippen LogP contribution < -0.4 is 5.73 Å². The second-order valence-corrected chi connectivity index (χ2v) is 5.50. The Morgan fingerprint density at radius 3 is 2.85 bits per heavy atom. The van der Waals surface area contributed by atoms with Gasteiger partial charge in [0.15, 0.2) is 5.76 Å². The zero-order valence-corrected chi connectivity index (χ0v) is 14.4. The molecular formula is C18H20N4O4. The lowest BCUT2D eigenvalue weighted by atomic mass is 10.0. The molecule has 2 N–H and O–H groups in total. The van der Waals surface area contributed by atoms with Crippen molar-refractivity contribution in [3.8, 4) is 22.5 Å². The number of primary amides is 1. The first-order valence-corrected chi connectivity index (χ1v) is 8.14. The van der Waals surface area contributed by atoms with Crippen LogP contribution in [0.1, 0.15) is 10.6 Å². The lowest BCUT2D eigenvalue weighted by molar-refractivity contribution is 0.0654. The van der Waals surface area contributed by atoms with Gasteiger partial charge in [0.1, 0.15) is 5.69 Å². The number of pyridine rings is 1. The Hall–Kier alpha value is -2.97. The van der Waals surface area contributed by atoms with Gasteiger partial charge in [-0.2, -0.15) is 5.10 Å². The first-order chi connectivity index (χ1) is 12.7. The Labute approximate surface area is 150 Å². The highest BCUT2D eigenvalue weighted by Gasteiger charge is 2.21. The Bertz CT molecular complexity index is 857. The van der Waals surface area contributed by atoms with Gasteiger partial charge in [0.2, 0.25) is 0 Å². The Morgan fingerprint density at radius 2 is 2.12 bits per heavy atom. The predicted octanol–water partition coefficient (Wildman–Crippen LogP) is 1.97. The van der Waals surface area contributed by atoms with Gasteiger partial charge < -0.3 is 19.6 Å². The molecule has 0 bridgehead atoms. The summed E-state index contributed by atoms with van der Waals surface area (Å²) < 4.78 is 17.4. The van der Waals surface area contributed by atoms with E-state index < -0.39 is 5.91 Å². The molecule has 136 valence electrons. The van der Waals surface area contributed by atoms with Crippen LogP contribution in [0.15, 0.2) is 47.3 Å². The molecule has 0 radical (unpaired) electrons. The van der Waals surface area contributed by atoms with E-state index in [-0.39, 0.29) is 5.76 Å². The second kappa shape index (κ2) is 8.41. The van der Waals surface area contributed by atoms with Crippen molar-refractivity contribution in [2.75, 3.05) is 26.9 Å². The van der Waals surface area contributed by atoms with E-state index in [0.717, 1.165) is 5.56 Å². The highest BCUT2D eigenvalue weighted by molar-refractivity contribution is 5.98. The zero-order valence-electron chi connectivity index (χ0n) is 14.4. The monoisotopic (exact) mass is 356 g/mol. The molecule has 3 aromatic heterocycles. The molecule has 1 amide bonds. The smallest absolute Gasteiger partial charge is 0.285 e. The molecule has 0 saturated carbocycles. The molecule has 0 atom stereocenters. The molecular weight excluding hydrogens is 336 g/mol. The molecule has 0 aliphatic carbocycles. The van der Waals surface area contributed by atoms with Crippen LogP contribution >= 0.6 is 0 Å². The molecule has 8 heteroatoms. The van der Waals surface area contributed by atoms with Crippen LogP contribution in [-0.2, 0) is 16.0 Å². The van der Waals surface area contributed by atoms with Gasteiger partial charge in [-0.15, -0.1) is 0 Å². The van der Waals surface area contributed by atoms with E-state index in [0.29, 0.717) is 43.3 Å². The van der Waals surface area contributed by atoms with Gasteiger partial charge in [-0.25, -0.2) is 0 Å². The van der Waals surface area contributed by atoms with Crippen LogP contribution in [0.2, 0.25) is 0 Å². The number of amides is 1. The average Bonchev–Trinajstić information content (AvgIpc) is 3.29. The number of hydrogen-bond donors (Lipinski definition) is 1. The molecule has 26 heavy (non-hydrogen) atoms. The minimum absolute atomic E-state index is 0.0954. The van der Waals surface area contributed by atoms with Gasteiger partial charge in [-0.1, -0.05) is 6.07 Å². The van der Waals surface area contributed by atoms with E-state index >= 15 is 0 Å². The fourth-order valence-electron chi connectivity index (χ4n) is 2.54. The summed E-state index contributed by atoms with van der Waals surface area (Å²) in [6.07, 6.45) is 4.96. The second-order valence-electron chi connectivity index (χ2n) is 5.50.